The molecule has 156 valence electrons. The first-order chi connectivity index (χ1) is 15.0. The average Bonchev–Trinajstić information content (AvgIpc) is 3.05. The van der Waals surface area contributed by atoms with Crippen molar-refractivity contribution >= 4 is 57.0 Å². The van der Waals surface area contributed by atoms with Gasteiger partial charge in [-0.1, -0.05) is 66.4 Å². The summed E-state index contributed by atoms with van der Waals surface area (Å²) in [6.45, 7) is 2.71. The lowest BCUT2D eigenvalue weighted by Gasteiger charge is -2.13. The Bertz CT molecular complexity index is 1220. The summed E-state index contributed by atoms with van der Waals surface area (Å²) in [6.07, 6.45) is 1.85. The van der Waals surface area contributed by atoms with Gasteiger partial charge in [-0.15, -0.1) is 0 Å². The first-order valence-electron chi connectivity index (χ1n) is 9.70. The van der Waals surface area contributed by atoms with E-state index in [1.807, 2.05) is 49.4 Å². The molecule has 7 heteroatoms. The third-order valence-electron chi connectivity index (χ3n) is 4.99. The van der Waals surface area contributed by atoms with Crippen molar-refractivity contribution in [3.63, 3.8) is 0 Å². The molecule has 0 radical (unpaired) electrons. The summed E-state index contributed by atoms with van der Waals surface area (Å²) in [4.78, 5) is 25.9. The van der Waals surface area contributed by atoms with Crippen LogP contribution in [0.3, 0.4) is 0 Å². The van der Waals surface area contributed by atoms with Crippen molar-refractivity contribution in [1.29, 1.82) is 0 Å². The van der Waals surface area contributed by atoms with Gasteiger partial charge in [-0.3, -0.25) is 9.69 Å². The lowest BCUT2D eigenvalue weighted by Crippen LogP contribution is -2.27. The molecule has 0 unspecified atom stereocenters. The Kier molecular flexibility index (Phi) is 6.06. The van der Waals surface area contributed by atoms with E-state index in [2.05, 4.69) is 0 Å². The number of hydrogen-bond donors (Lipinski definition) is 1. The molecule has 1 fully saturated rings. The summed E-state index contributed by atoms with van der Waals surface area (Å²) in [5, 5.41) is 11.1. The van der Waals surface area contributed by atoms with Gasteiger partial charge in [-0.25, -0.2) is 4.79 Å². The zero-order valence-corrected chi connectivity index (χ0v) is 18.3. The van der Waals surface area contributed by atoms with E-state index in [0.717, 1.165) is 21.9 Å². The highest BCUT2D eigenvalue weighted by Gasteiger charge is 2.31. The number of carbonyl (C=O) groups excluding carboxylic acids is 1. The molecule has 5 nitrogen and oxygen atoms in total. The number of hydrogen-bond acceptors (Lipinski definition) is 5. The second-order valence-corrected chi connectivity index (χ2v) is 8.59. The summed E-state index contributed by atoms with van der Waals surface area (Å²) in [5.74, 6) is -0.419. The summed E-state index contributed by atoms with van der Waals surface area (Å²) < 4.78 is 6.65. The summed E-state index contributed by atoms with van der Waals surface area (Å²) in [6, 6.07) is 18.4. The molecule has 31 heavy (non-hydrogen) atoms. The molecule has 0 saturated carbocycles. The fourth-order valence-electron chi connectivity index (χ4n) is 3.36. The zero-order chi connectivity index (χ0) is 22.0. The average molecular weight is 450 g/mol. The van der Waals surface area contributed by atoms with Crippen LogP contribution < -0.4 is 4.74 Å². The molecular weight excluding hydrogens is 430 g/mol. The predicted octanol–water partition coefficient (Wildman–Crippen LogP) is 5.34. The number of likely N-dealkylation sites (N-methyl/N-ethyl adjacent to an activating group) is 1. The molecule has 1 N–H and O–H groups in total. The van der Waals surface area contributed by atoms with Gasteiger partial charge in [0.25, 0.3) is 5.91 Å². The van der Waals surface area contributed by atoms with E-state index in [9.17, 15) is 9.59 Å². The number of nitrogens with zero attached hydrogens (tertiary/aromatic N) is 1. The topological polar surface area (TPSA) is 66.8 Å². The number of benzene rings is 3. The predicted molar refractivity (Wildman–Crippen MR) is 127 cm³/mol. The quantitative estimate of drug-likeness (QED) is 0.405. The summed E-state index contributed by atoms with van der Waals surface area (Å²) in [7, 11) is 0. The molecule has 3 aromatic carbocycles. The van der Waals surface area contributed by atoms with Crippen molar-refractivity contribution < 1.29 is 19.4 Å². The van der Waals surface area contributed by atoms with E-state index in [4.69, 9.17) is 22.1 Å². The second kappa shape index (κ2) is 8.91. The van der Waals surface area contributed by atoms with Gasteiger partial charge in [0.2, 0.25) is 0 Å². The van der Waals surface area contributed by atoms with E-state index in [1.54, 1.807) is 29.2 Å². The minimum Gasteiger partial charge on any atom is -0.488 e. The van der Waals surface area contributed by atoms with Crippen LogP contribution >= 0.6 is 24.0 Å². The fourth-order valence-corrected chi connectivity index (χ4v) is 4.72. The van der Waals surface area contributed by atoms with Gasteiger partial charge in [0.05, 0.1) is 10.5 Å². The molecular formula is C24H19NO4S2. The molecule has 0 aliphatic carbocycles. The molecule has 3 aromatic rings. The van der Waals surface area contributed by atoms with Crippen molar-refractivity contribution in [2.45, 2.75) is 13.5 Å². The van der Waals surface area contributed by atoms with Gasteiger partial charge >= 0.3 is 5.97 Å². The van der Waals surface area contributed by atoms with Crippen molar-refractivity contribution in [3.8, 4) is 5.75 Å². The van der Waals surface area contributed by atoms with Crippen LogP contribution in [0, 0.1) is 0 Å². The Labute approximate surface area is 189 Å². The number of fused-ring (bicyclic) bond motifs is 1. The van der Waals surface area contributed by atoms with Gasteiger partial charge in [0.1, 0.15) is 16.7 Å². The molecule has 1 amide bonds. The molecule has 1 aliphatic heterocycles. The molecule has 0 atom stereocenters. The summed E-state index contributed by atoms with van der Waals surface area (Å²) in [5.41, 5.74) is 1.89. The zero-order valence-electron chi connectivity index (χ0n) is 16.7. The fraction of sp³-hybridized carbons (Fsp3) is 0.125. The maximum absolute atomic E-state index is 12.7. The number of ether oxygens (including phenoxy) is 1. The lowest BCUT2D eigenvalue weighted by molar-refractivity contribution is -0.121. The van der Waals surface area contributed by atoms with Crippen molar-refractivity contribution in [3.05, 3.63) is 82.3 Å². The molecule has 0 bridgehead atoms. The second-order valence-electron chi connectivity index (χ2n) is 6.92. The van der Waals surface area contributed by atoms with E-state index < -0.39 is 5.97 Å². The van der Waals surface area contributed by atoms with E-state index in [0.29, 0.717) is 21.5 Å². The van der Waals surface area contributed by atoms with Crippen LogP contribution in [0.5, 0.6) is 5.75 Å². The Morgan fingerprint density at radius 3 is 2.55 bits per heavy atom. The van der Waals surface area contributed by atoms with Gasteiger partial charge in [0, 0.05) is 12.1 Å². The van der Waals surface area contributed by atoms with Crippen LogP contribution in [0.1, 0.15) is 28.4 Å². The van der Waals surface area contributed by atoms with Gasteiger partial charge in [-0.05, 0) is 47.5 Å². The van der Waals surface area contributed by atoms with Crippen molar-refractivity contribution in [2.75, 3.05) is 6.54 Å². The normalized spacial score (nSPS) is 15.1. The third-order valence-corrected chi connectivity index (χ3v) is 6.37. The summed E-state index contributed by atoms with van der Waals surface area (Å²) >= 11 is 6.63. The molecule has 1 aliphatic rings. The van der Waals surface area contributed by atoms with E-state index >= 15 is 0 Å². The van der Waals surface area contributed by atoms with Crippen LogP contribution in [0.4, 0.5) is 0 Å². The third kappa shape index (κ3) is 4.33. The SMILES string of the molecule is CCN1C(=O)C(=Cc2c(OCc3ccc(C(=O)O)cc3)ccc3ccccc23)SC1=S. The Morgan fingerprint density at radius 2 is 1.87 bits per heavy atom. The molecule has 1 heterocycles. The highest BCUT2D eigenvalue weighted by Crippen LogP contribution is 2.37. The van der Waals surface area contributed by atoms with Crippen LogP contribution in [-0.2, 0) is 11.4 Å². The first-order valence-corrected chi connectivity index (χ1v) is 10.9. The van der Waals surface area contributed by atoms with Crippen LogP contribution in [-0.4, -0.2) is 32.7 Å². The Morgan fingerprint density at radius 1 is 1.13 bits per heavy atom. The minimum atomic E-state index is -0.964. The minimum absolute atomic E-state index is 0.0966. The largest absolute Gasteiger partial charge is 0.488 e. The maximum atomic E-state index is 12.7. The smallest absolute Gasteiger partial charge is 0.335 e. The highest BCUT2D eigenvalue weighted by atomic mass is 32.2. The van der Waals surface area contributed by atoms with Crippen molar-refractivity contribution in [2.24, 2.45) is 0 Å². The van der Waals surface area contributed by atoms with E-state index in [-0.39, 0.29) is 18.1 Å². The highest BCUT2D eigenvalue weighted by molar-refractivity contribution is 8.26. The number of aromatic carboxylic acids is 1. The molecule has 4 rings (SSSR count). The van der Waals surface area contributed by atoms with E-state index in [1.165, 1.54) is 11.8 Å². The lowest BCUT2D eigenvalue weighted by atomic mass is 10.0. The molecule has 0 aromatic heterocycles. The first kappa shape index (κ1) is 21.1. The standard InChI is InChI=1S/C24H19NO4S2/c1-2-25-22(26)21(31-24(25)30)13-19-18-6-4-3-5-16(18)11-12-20(19)29-14-15-7-9-17(10-8-15)23(27)28/h3-13H,2,14H2,1H3,(H,27,28). The van der Waals surface area contributed by atoms with Gasteiger partial charge in [-0.2, -0.15) is 0 Å². The van der Waals surface area contributed by atoms with Crippen LogP contribution in [0.2, 0.25) is 0 Å². The Balaban J connectivity index is 1.69. The maximum Gasteiger partial charge on any atom is 0.335 e. The van der Waals surface area contributed by atoms with Crippen LogP contribution in [0.25, 0.3) is 16.8 Å². The molecule has 0 spiro atoms. The number of thiocarbonyl (C=S) groups is 1. The Hall–Kier alpha value is -3.16. The number of carbonyl (C=O) groups is 2. The number of carboxylic acids is 1. The monoisotopic (exact) mass is 449 g/mol. The number of rotatable bonds is 6. The number of carboxylic acid groups (broad SMARTS) is 1. The number of thioether (sulfide) groups is 1. The van der Waals surface area contributed by atoms with Gasteiger partial charge in [0.15, 0.2) is 0 Å². The van der Waals surface area contributed by atoms with Crippen molar-refractivity contribution in [1.82, 2.24) is 4.90 Å². The van der Waals surface area contributed by atoms with Crippen LogP contribution in [0.15, 0.2) is 65.6 Å². The number of amides is 1. The van der Waals surface area contributed by atoms with Gasteiger partial charge < -0.3 is 9.84 Å². The molecule has 1 saturated heterocycles.